The van der Waals surface area contributed by atoms with E-state index in [9.17, 15) is 14.7 Å². The molecular weight excluding hydrogens is 553 g/mol. The van der Waals surface area contributed by atoms with Gasteiger partial charge in [-0.25, -0.2) is 0 Å². The molecule has 7 heteroatoms. The van der Waals surface area contributed by atoms with Crippen LogP contribution in [0.5, 0.6) is 0 Å². The molecule has 0 aliphatic carbocycles. The SMILES string of the molecule is CC(C)(C)CN1C(=O)[C@@H](CC(=O)O)O[C@H](c2cccc3c(I)cccc23)c2cc(Cl)ccc21. The fourth-order valence-corrected chi connectivity index (χ4v) is 5.12. The van der Waals surface area contributed by atoms with Crippen LogP contribution in [0.15, 0.2) is 54.6 Å². The fourth-order valence-electron chi connectivity index (χ4n) is 4.27. The van der Waals surface area contributed by atoms with Gasteiger partial charge in [0.05, 0.1) is 6.42 Å². The van der Waals surface area contributed by atoms with Crippen LogP contribution >= 0.6 is 34.2 Å². The number of amides is 1. The number of carboxylic acids is 1. The predicted octanol–water partition coefficient (Wildman–Crippen LogP) is 6.44. The third kappa shape index (κ3) is 5.03. The van der Waals surface area contributed by atoms with E-state index in [1.54, 1.807) is 11.0 Å². The van der Waals surface area contributed by atoms with Crippen LogP contribution in [-0.4, -0.2) is 29.6 Å². The largest absolute Gasteiger partial charge is 0.481 e. The van der Waals surface area contributed by atoms with Crippen LogP contribution in [0.25, 0.3) is 10.8 Å². The standard InChI is InChI=1S/C26H25ClINO4/c1-26(2,3)14-29-21-11-10-15(27)12-19(21)24(33-22(25(29)32)13-23(30)31)18-8-4-7-17-16(18)6-5-9-20(17)28/h4-12,22,24H,13-14H2,1-3H3,(H,30,31)/t22-,24-/m1/s1. The Kier molecular flexibility index (Phi) is 6.71. The average Bonchev–Trinajstić information content (AvgIpc) is 2.83. The molecule has 1 amide bonds. The van der Waals surface area contributed by atoms with E-state index >= 15 is 0 Å². The summed E-state index contributed by atoms with van der Waals surface area (Å²) < 4.78 is 7.46. The van der Waals surface area contributed by atoms with Crippen molar-refractivity contribution in [3.63, 3.8) is 0 Å². The molecule has 0 unspecified atom stereocenters. The van der Waals surface area contributed by atoms with E-state index in [2.05, 4.69) is 22.6 Å². The highest BCUT2D eigenvalue weighted by atomic mass is 127. The number of carbonyl (C=O) groups excluding carboxylic acids is 1. The Balaban J connectivity index is 1.97. The van der Waals surface area contributed by atoms with Gasteiger partial charge in [0.2, 0.25) is 0 Å². The monoisotopic (exact) mass is 577 g/mol. The molecule has 2 atom stereocenters. The molecule has 0 fully saturated rings. The maximum absolute atomic E-state index is 13.6. The highest BCUT2D eigenvalue weighted by Gasteiger charge is 2.39. The zero-order chi connectivity index (χ0) is 23.9. The first-order valence-corrected chi connectivity index (χ1v) is 12.2. The van der Waals surface area contributed by atoms with Gasteiger partial charge in [-0.3, -0.25) is 9.59 Å². The zero-order valence-corrected chi connectivity index (χ0v) is 21.6. The van der Waals surface area contributed by atoms with E-state index in [4.69, 9.17) is 16.3 Å². The van der Waals surface area contributed by atoms with Gasteiger partial charge in [-0.1, -0.05) is 62.7 Å². The van der Waals surface area contributed by atoms with Crippen molar-refractivity contribution in [2.24, 2.45) is 5.41 Å². The number of aliphatic carboxylic acids is 1. The molecule has 3 aromatic carbocycles. The molecule has 33 heavy (non-hydrogen) atoms. The van der Waals surface area contributed by atoms with Crippen LogP contribution < -0.4 is 4.90 Å². The van der Waals surface area contributed by atoms with Crippen LogP contribution in [0, 0.1) is 8.99 Å². The Hall–Kier alpha value is -2.16. The molecule has 0 aromatic heterocycles. The molecule has 1 aliphatic heterocycles. The van der Waals surface area contributed by atoms with Gasteiger partial charge >= 0.3 is 5.97 Å². The lowest BCUT2D eigenvalue weighted by molar-refractivity contribution is -0.147. The Labute approximate surface area is 211 Å². The number of halogens is 2. The normalized spacial score (nSPS) is 18.8. The highest BCUT2D eigenvalue weighted by Crippen LogP contribution is 2.43. The van der Waals surface area contributed by atoms with E-state index < -0.39 is 24.6 Å². The molecule has 5 nitrogen and oxygen atoms in total. The average molecular weight is 578 g/mol. The number of carbonyl (C=O) groups is 2. The lowest BCUT2D eigenvalue weighted by atomic mass is 9.93. The molecule has 0 saturated carbocycles. The van der Waals surface area contributed by atoms with E-state index in [1.165, 1.54) is 0 Å². The van der Waals surface area contributed by atoms with Crippen LogP contribution in [0.2, 0.25) is 5.02 Å². The molecule has 0 saturated heterocycles. The van der Waals surface area contributed by atoms with Gasteiger partial charge < -0.3 is 14.7 Å². The maximum atomic E-state index is 13.6. The van der Waals surface area contributed by atoms with Gasteiger partial charge in [0.25, 0.3) is 5.91 Å². The minimum Gasteiger partial charge on any atom is -0.481 e. The van der Waals surface area contributed by atoms with Crippen molar-refractivity contribution in [2.75, 3.05) is 11.4 Å². The number of nitrogens with zero attached hydrogens (tertiary/aromatic N) is 1. The fraction of sp³-hybridized carbons (Fsp3) is 0.308. The number of rotatable bonds is 4. The van der Waals surface area contributed by atoms with Gasteiger partial charge in [-0.05, 0) is 68.6 Å². The Morgan fingerprint density at radius 1 is 1.09 bits per heavy atom. The smallest absolute Gasteiger partial charge is 0.306 e. The number of ether oxygens (including phenoxy) is 1. The quantitative estimate of drug-likeness (QED) is 0.363. The van der Waals surface area contributed by atoms with Crippen molar-refractivity contribution in [3.05, 3.63) is 74.3 Å². The van der Waals surface area contributed by atoms with Crippen LogP contribution in [0.3, 0.4) is 0 Å². The summed E-state index contributed by atoms with van der Waals surface area (Å²) in [5, 5.41) is 12.1. The second kappa shape index (κ2) is 9.24. The van der Waals surface area contributed by atoms with Crippen molar-refractivity contribution >= 4 is 62.5 Å². The van der Waals surface area contributed by atoms with Crippen molar-refractivity contribution < 1.29 is 19.4 Å². The Morgan fingerprint density at radius 3 is 2.48 bits per heavy atom. The van der Waals surface area contributed by atoms with E-state index in [1.807, 2.05) is 69.3 Å². The number of anilines is 1. The van der Waals surface area contributed by atoms with Crippen molar-refractivity contribution in [2.45, 2.75) is 39.4 Å². The molecule has 4 rings (SSSR count). The minimum absolute atomic E-state index is 0.213. The summed E-state index contributed by atoms with van der Waals surface area (Å²) in [5.74, 6) is -1.44. The van der Waals surface area contributed by atoms with Gasteiger partial charge in [0.15, 0.2) is 0 Å². The molecule has 172 valence electrons. The first-order chi connectivity index (χ1) is 15.5. The summed E-state index contributed by atoms with van der Waals surface area (Å²) in [7, 11) is 0. The highest BCUT2D eigenvalue weighted by molar-refractivity contribution is 14.1. The van der Waals surface area contributed by atoms with Crippen LogP contribution in [0.1, 0.15) is 44.4 Å². The molecular formula is C26H25ClINO4. The molecule has 3 aromatic rings. The molecule has 1 N–H and O–H groups in total. The van der Waals surface area contributed by atoms with Gasteiger partial charge in [-0.15, -0.1) is 0 Å². The minimum atomic E-state index is -1.13. The number of hydrogen-bond acceptors (Lipinski definition) is 3. The van der Waals surface area contributed by atoms with Crippen molar-refractivity contribution in [1.29, 1.82) is 0 Å². The number of carboxylic acid groups (broad SMARTS) is 1. The third-order valence-electron chi connectivity index (χ3n) is 5.58. The zero-order valence-electron chi connectivity index (χ0n) is 18.6. The van der Waals surface area contributed by atoms with Gasteiger partial charge in [-0.2, -0.15) is 0 Å². The van der Waals surface area contributed by atoms with Crippen LogP contribution in [-0.2, 0) is 14.3 Å². The van der Waals surface area contributed by atoms with E-state index in [-0.39, 0.29) is 11.3 Å². The number of benzene rings is 3. The molecule has 1 heterocycles. The summed E-state index contributed by atoms with van der Waals surface area (Å²) in [6.45, 7) is 6.54. The first kappa shape index (κ1) is 24.0. The predicted molar refractivity (Wildman–Crippen MR) is 139 cm³/mol. The molecule has 0 radical (unpaired) electrons. The number of fused-ring (bicyclic) bond motifs is 2. The van der Waals surface area contributed by atoms with E-state index in [0.717, 1.165) is 25.5 Å². The summed E-state index contributed by atoms with van der Waals surface area (Å²) in [6.07, 6.45) is -2.20. The topological polar surface area (TPSA) is 66.8 Å². The third-order valence-corrected chi connectivity index (χ3v) is 6.76. The van der Waals surface area contributed by atoms with Gasteiger partial charge in [0.1, 0.15) is 12.2 Å². The second-order valence-corrected chi connectivity index (χ2v) is 11.1. The Bertz CT molecular complexity index is 1240. The van der Waals surface area contributed by atoms with Crippen molar-refractivity contribution in [1.82, 2.24) is 0 Å². The molecule has 0 bridgehead atoms. The molecule has 1 aliphatic rings. The summed E-state index contributed by atoms with van der Waals surface area (Å²) in [6, 6.07) is 17.4. The van der Waals surface area contributed by atoms with E-state index in [0.29, 0.717) is 17.3 Å². The van der Waals surface area contributed by atoms with Crippen molar-refractivity contribution in [3.8, 4) is 0 Å². The first-order valence-electron chi connectivity index (χ1n) is 10.7. The molecule has 0 spiro atoms. The lowest BCUT2D eigenvalue weighted by Crippen LogP contribution is -2.44. The second-order valence-electron chi connectivity index (χ2n) is 9.47. The summed E-state index contributed by atoms with van der Waals surface area (Å²) >= 11 is 8.71. The lowest BCUT2D eigenvalue weighted by Gasteiger charge is -2.31. The summed E-state index contributed by atoms with van der Waals surface area (Å²) in [5.41, 5.74) is 2.10. The maximum Gasteiger partial charge on any atom is 0.306 e. The Morgan fingerprint density at radius 2 is 1.79 bits per heavy atom. The van der Waals surface area contributed by atoms with Gasteiger partial charge in [0, 0.05) is 26.4 Å². The number of hydrogen-bond donors (Lipinski definition) is 1. The van der Waals surface area contributed by atoms with Crippen LogP contribution in [0.4, 0.5) is 5.69 Å². The summed E-state index contributed by atoms with van der Waals surface area (Å²) in [4.78, 5) is 26.9.